The molecule has 0 spiro atoms. The van der Waals surface area contributed by atoms with Crippen LogP contribution in [0.5, 0.6) is 0 Å². The second-order valence-electron chi connectivity index (χ2n) is 7.40. The Bertz CT molecular complexity index is 539. The van der Waals surface area contributed by atoms with Crippen LogP contribution in [0.1, 0.15) is 47.0 Å². The highest BCUT2D eigenvalue weighted by molar-refractivity contribution is 5.95. The van der Waals surface area contributed by atoms with E-state index in [2.05, 4.69) is 0 Å². The van der Waals surface area contributed by atoms with Gasteiger partial charge in [-0.2, -0.15) is 0 Å². The number of carbonyl (C=O) groups is 2. The summed E-state index contributed by atoms with van der Waals surface area (Å²) in [5.41, 5.74) is 4.62. The number of hydrogen-bond donors (Lipinski definition) is 2. The molecule has 0 radical (unpaired) electrons. The third-order valence-corrected chi connectivity index (χ3v) is 5.76. The third kappa shape index (κ3) is 1.99. The van der Waals surface area contributed by atoms with Crippen molar-refractivity contribution in [1.82, 2.24) is 9.80 Å². The normalized spacial score (nSPS) is 41.5. The molecule has 3 heterocycles. The molecule has 3 N–H and O–H groups in total. The molecule has 0 bridgehead atoms. The first kappa shape index (κ1) is 16.7. The van der Waals surface area contributed by atoms with E-state index in [0.717, 1.165) is 6.42 Å². The fraction of sp³-hybridized carbons (Fsp3) is 0.875. The molecular formula is C16H27N3O4. The molecule has 0 aromatic carbocycles. The van der Waals surface area contributed by atoms with Crippen molar-refractivity contribution in [3.63, 3.8) is 0 Å². The van der Waals surface area contributed by atoms with Crippen LogP contribution in [0, 0.1) is 11.8 Å². The molecule has 130 valence electrons. The van der Waals surface area contributed by atoms with Gasteiger partial charge in [-0.3, -0.25) is 25.0 Å². The molecule has 3 aliphatic rings. The first-order valence-corrected chi connectivity index (χ1v) is 8.54. The number of fused-ring (bicyclic) bond motifs is 3. The summed E-state index contributed by atoms with van der Waals surface area (Å²) in [6.07, 6.45) is 2.11. The van der Waals surface area contributed by atoms with E-state index in [-0.39, 0.29) is 17.7 Å². The highest BCUT2D eigenvalue weighted by atomic mass is 16.7. The second kappa shape index (κ2) is 5.16. The number of ether oxygens (including phenoxy) is 1. The van der Waals surface area contributed by atoms with Gasteiger partial charge in [0.05, 0.1) is 0 Å². The van der Waals surface area contributed by atoms with Crippen LogP contribution in [0.3, 0.4) is 0 Å². The van der Waals surface area contributed by atoms with Crippen molar-refractivity contribution in [2.45, 2.75) is 70.7 Å². The SMILES string of the molecule is CCC(C)[C@H]1C(=O)N2CCC[C@H]2[C@]2(O)O[C@](N)(C(C)C)C(=O)N12. The topological polar surface area (TPSA) is 96.1 Å². The molecule has 7 nitrogen and oxygen atoms in total. The molecule has 23 heavy (non-hydrogen) atoms. The number of aliphatic hydroxyl groups is 1. The lowest BCUT2D eigenvalue weighted by atomic mass is 9.90. The summed E-state index contributed by atoms with van der Waals surface area (Å²) in [5.74, 6) is -2.81. The lowest BCUT2D eigenvalue weighted by molar-refractivity contribution is -0.320. The van der Waals surface area contributed by atoms with E-state index in [4.69, 9.17) is 10.5 Å². The van der Waals surface area contributed by atoms with E-state index in [1.807, 2.05) is 13.8 Å². The second-order valence-corrected chi connectivity index (χ2v) is 7.40. The predicted molar refractivity (Wildman–Crippen MR) is 82.6 cm³/mol. The Morgan fingerprint density at radius 3 is 2.61 bits per heavy atom. The molecule has 3 rings (SSSR count). The number of carbonyl (C=O) groups excluding carboxylic acids is 2. The van der Waals surface area contributed by atoms with Gasteiger partial charge in [-0.05, 0) is 18.8 Å². The van der Waals surface area contributed by atoms with Gasteiger partial charge in [-0.15, -0.1) is 0 Å². The van der Waals surface area contributed by atoms with E-state index < -0.39 is 29.6 Å². The zero-order valence-electron chi connectivity index (χ0n) is 14.3. The Morgan fingerprint density at radius 1 is 1.39 bits per heavy atom. The van der Waals surface area contributed by atoms with Gasteiger partial charge in [0.15, 0.2) is 0 Å². The van der Waals surface area contributed by atoms with Gasteiger partial charge in [0.25, 0.3) is 11.8 Å². The molecule has 0 aromatic heterocycles. The minimum absolute atomic E-state index is 0.0855. The van der Waals surface area contributed by atoms with Gasteiger partial charge in [0.1, 0.15) is 12.1 Å². The minimum Gasteiger partial charge on any atom is -0.347 e. The van der Waals surface area contributed by atoms with Gasteiger partial charge >= 0.3 is 0 Å². The van der Waals surface area contributed by atoms with Gasteiger partial charge < -0.3 is 10.0 Å². The van der Waals surface area contributed by atoms with Crippen LogP contribution < -0.4 is 5.73 Å². The number of hydrogen-bond acceptors (Lipinski definition) is 5. The molecule has 7 heteroatoms. The average molecular weight is 325 g/mol. The number of amides is 2. The maximum Gasteiger partial charge on any atom is 0.275 e. The quantitative estimate of drug-likeness (QED) is 0.774. The van der Waals surface area contributed by atoms with Crippen LogP contribution in [-0.4, -0.2) is 57.0 Å². The molecule has 2 amide bonds. The molecule has 3 aliphatic heterocycles. The third-order valence-electron chi connectivity index (χ3n) is 5.76. The Balaban J connectivity index is 2.12. The summed E-state index contributed by atoms with van der Waals surface area (Å²) in [6.45, 7) is 8.03. The molecule has 1 unspecified atom stereocenters. The average Bonchev–Trinajstić information content (AvgIpc) is 3.06. The van der Waals surface area contributed by atoms with Crippen LogP contribution in [0.25, 0.3) is 0 Å². The predicted octanol–water partition coefficient (Wildman–Crippen LogP) is 0.222. The highest BCUT2D eigenvalue weighted by Crippen LogP contribution is 2.47. The Kier molecular flexibility index (Phi) is 3.74. The van der Waals surface area contributed by atoms with E-state index in [1.54, 1.807) is 18.7 Å². The van der Waals surface area contributed by atoms with Crippen LogP contribution in [0.2, 0.25) is 0 Å². The summed E-state index contributed by atoms with van der Waals surface area (Å²) in [7, 11) is 0. The number of nitrogens with two attached hydrogens (primary N) is 1. The molecule has 0 aromatic rings. The van der Waals surface area contributed by atoms with E-state index in [9.17, 15) is 14.7 Å². The fourth-order valence-corrected chi connectivity index (χ4v) is 4.02. The zero-order chi connectivity index (χ0) is 17.2. The molecule has 3 fully saturated rings. The first-order chi connectivity index (χ1) is 10.7. The molecule has 0 aliphatic carbocycles. The number of piperazine rings is 1. The summed E-state index contributed by atoms with van der Waals surface area (Å²) in [6, 6.07) is -1.26. The Labute approximate surface area is 136 Å². The summed E-state index contributed by atoms with van der Waals surface area (Å²) >= 11 is 0. The van der Waals surface area contributed by atoms with Crippen molar-refractivity contribution in [1.29, 1.82) is 0 Å². The first-order valence-electron chi connectivity index (χ1n) is 8.54. The van der Waals surface area contributed by atoms with Crippen LogP contribution in [0.4, 0.5) is 0 Å². The lowest BCUT2D eigenvalue weighted by Crippen LogP contribution is -2.72. The van der Waals surface area contributed by atoms with E-state index in [0.29, 0.717) is 19.4 Å². The van der Waals surface area contributed by atoms with Gasteiger partial charge in [0, 0.05) is 12.5 Å². The van der Waals surface area contributed by atoms with Gasteiger partial charge in [-0.25, -0.2) is 0 Å². The monoisotopic (exact) mass is 325 g/mol. The fourth-order valence-electron chi connectivity index (χ4n) is 4.02. The van der Waals surface area contributed by atoms with Crippen LogP contribution in [0.15, 0.2) is 0 Å². The van der Waals surface area contributed by atoms with Crippen LogP contribution in [-0.2, 0) is 14.3 Å². The lowest BCUT2D eigenvalue weighted by Gasteiger charge is -2.50. The number of rotatable bonds is 3. The standard InChI is InChI=1S/C16H27N3O4/c1-5-10(4)12-13(20)18-8-6-7-11(18)16(22)19(12)14(21)15(17,23-16)9(2)3/h9-12,22H,5-8,17H2,1-4H3/t10?,11-,12-,15+,16-/m0/s1. The Morgan fingerprint density at radius 2 is 2.04 bits per heavy atom. The van der Waals surface area contributed by atoms with Crippen molar-refractivity contribution in [3.8, 4) is 0 Å². The largest absolute Gasteiger partial charge is 0.347 e. The minimum atomic E-state index is -1.82. The van der Waals surface area contributed by atoms with Crippen molar-refractivity contribution < 1.29 is 19.4 Å². The summed E-state index contributed by atoms with van der Waals surface area (Å²) in [5, 5.41) is 11.3. The summed E-state index contributed by atoms with van der Waals surface area (Å²) < 4.78 is 5.82. The summed E-state index contributed by atoms with van der Waals surface area (Å²) in [4.78, 5) is 28.9. The smallest absolute Gasteiger partial charge is 0.275 e. The van der Waals surface area contributed by atoms with Crippen LogP contribution >= 0.6 is 0 Å². The maximum absolute atomic E-state index is 13.0. The van der Waals surface area contributed by atoms with Crippen molar-refractivity contribution >= 4 is 11.8 Å². The van der Waals surface area contributed by atoms with Gasteiger partial charge in [-0.1, -0.05) is 34.1 Å². The zero-order valence-corrected chi connectivity index (χ0v) is 14.3. The number of nitrogens with zero attached hydrogens (tertiary/aromatic N) is 2. The highest BCUT2D eigenvalue weighted by Gasteiger charge is 2.70. The van der Waals surface area contributed by atoms with Crippen molar-refractivity contribution in [2.24, 2.45) is 17.6 Å². The molecule has 5 atom stereocenters. The maximum atomic E-state index is 13.0. The van der Waals surface area contributed by atoms with Crippen molar-refractivity contribution in [2.75, 3.05) is 6.54 Å². The Hall–Kier alpha value is -1.18. The molecular weight excluding hydrogens is 298 g/mol. The van der Waals surface area contributed by atoms with E-state index in [1.165, 1.54) is 4.90 Å². The molecule has 0 saturated carbocycles. The van der Waals surface area contributed by atoms with E-state index >= 15 is 0 Å². The van der Waals surface area contributed by atoms with Gasteiger partial charge in [0.2, 0.25) is 11.6 Å². The van der Waals surface area contributed by atoms with Crippen molar-refractivity contribution in [3.05, 3.63) is 0 Å². The molecule has 3 saturated heterocycles.